The molecule has 0 atom stereocenters. The van der Waals surface area contributed by atoms with Crippen molar-refractivity contribution in [1.29, 1.82) is 0 Å². The highest BCUT2D eigenvalue weighted by molar-refractivity contribution is 5.96. The van der Waals surface area contributed by atoms with Gasteiger partial charge in [0.15, 0.2) is 0 Å². The summed E-state index contributed by atoms with van der Waals surface area (Å²) in [6.45, 7) is 6.15. The number of H-pyrrole nitrogens is 1. The summed E-state index contributed by atoms with van der Waals surface area (Å²) in [6, 6.07) is 2.04. The summed E-state index contributed by atoms with van der Waals surface area (Å²) < 4.78 is 0. The van der Waals surface area contributed by atoms with Crippen LogP contribution < -0.4 is 0 Å². The molecule has 2 N–H and O–H groups in total. The SMILES string of the molecule is CCc1c(C(=O)O)[nH]c2ncc(C(C)C)cc12. The van der Waals surface area contributed by atoms with Crippen LogP contribution in [0.3, 0.4) is 0 Å². The van der Waals surface area contributed by atoms with E-state index in [0.29, 0.717) is 18.0 Å². The number of carboxylic acids is 1. The first-order valence-corrected chi connectivity index (χ1v) is 5.78. The van der Waals surface area contributed by atoms with Crippen molar-refractivity contribution in [1.82, 2.24) is 9.97 Å². The first-order chi connectivity index (χ1) is 8.04. The zero-order valence-corrected chi connectivity index (χ0v) is 10.2. The lowest BCUT2D eigenvalue weighted by Crippen LogP contribution is -2.00. The van der Waals surface area contributed by atoms with Crippen LogP contribution in [0.1, 0.15) is 48.3 Å². The van der Waals surface area contributed by atoms with Crippen LogP contribution in [0.4, 0.5) is 0 Å². The van der Waals surface area contributed by atoms with E-state index in [9.17, 15) is 4.79 Å². The molecule has 0 saturated carbocycles. The highest BCUT2D eigenvalue weighted by atomic mass is 16.4. The van der Waals surface area contributed by atoms with Crippen LogP contribution in [0.5, 0.6) is 0 Å². The van der Waals surface area contributed by atoms with E-state index in [1.54, 1.807) is 6.20 Å². The number of nitrogens with zero attached hydrogens (tertiary/aromatic N) is 1. The Hall–Kier alpha value is -1.84. The average molecular weight is 232 g/mol. The van der Waals surface area contributed by atoms with Crippen molar-refractivity contribution in [3.05, 3.63) is 29.1 Å². The summed E-state index contributed by atoms with van der Waals surface area (Å²) in [6.07, 6.45) is 2.49. The highest BCUT2D eigenvalue weighted by Crippen LogP contribution is 2.25. The zero-order valence-electron chi connectivity index (χ0n) is 10.2. The summed E-state index contributed by atoms with van der Waals surface area (Å²) in [5.74, 6) is -0.536. The molecule has 0 radical (unpaired) electrons. The predicted molar refractivity (Wildman–Crippen MR) is 66.5 cm³/mol. The number of fused-ring (bicyclic) bond motifs is 1. The fourth-order valence-electron chi connectivity index (χ4n) is 2.00. The molecular formula is C13H16N2O2. The van der Waals surface area contributed by atoms with Gasteiger partial charge in [0, 0.05) is 11.6 Å². The van der Waals surface area contributed by atoms with Gasteiger partial charge in [-0.3, -0.25) is 0 Å². The van der Waals surface area contributed by atoms with Crippen LogP contribution in [0.25, 0.3) is 11.0 Å². The van der Waals surface area contributed by atoms with Gasteiger partial charge in [-0.2, -0.15) is 0 Å². The normalized spacial score (nSPS) is 11.3. The first-order valence-electron chi connectivity index (χ1n) is 5.78. The van der Waals surface area contributed by atoms with Crippen LogP contribution in [0, 0.1) is 0 Å². The Morgan fingerprint density at radius 3 is 2.76 bits per heavy atom. The maximum Gasteiger partial charge on any atom is 0.352 e. The van der Waals surface area contributed by atoms with Crippen molar-refractivity contribution in [3.63, 3.8) is 0 Å². The predicted octanol–water partition coefficient (Wildman–Crippen LogP) is 2.95. The molecule has 0 aliphatic rings. The lowest BCUT2D eigenvalue weighted by molar-refractivity contribution is 0.0690. The van der Waals surface area contributed by atoms with E-state index in [0.717, 1.165) is 16.5 Å². The Morgan fingerprint density at radius 2 is 2.24 bits per heavy atom. The van der Waals surface area contributed by atoms with Crippen molar-refractivity contribution < 1.29 is 9.90 Å². The molecule has 0 aliphatic heterocycles. The average Bonchev–Trinajstić information content (AvgIpc) is 2.66. The molecule has 0 amide bonds. The van der Waals surface area contributed by atoms with Crippen molar-refractivity contribution in [2.75, 3.05) is 0 Å². The van der Waals surface area contributed by atoms with Crippen molar-refractivity contribution >= 4 is 17.0 Å². The van der Waals surface area contributed by atoms with Crippen LogP contribution in [-0.4, -0.2) is 21.0 Å². The molecule has 0 aromatic carbocycles. The quantitative estimate of drug-likeness (QED) is 0.855. The Balaban J connectivity index is 2.71. The number of rotatable bonds is 3. The molecule has 17 heavy (non-hydrogen) atoms. The second kappa shape index (κ2) is 4.20. The second-order valence-electron chi connectivity index (χ2n) is 4.46. The number of carbonyl (C=O) groups is 1. The van der Waals surface area contributed by atoms with Gasteiger partial charge in [-0.25, -0.2) is 9.78 Å². The van der Waals surface area contributed by atoms with Gasteiger partial charge in [0.1, 0.15) is 11.3 Å². The van der Waals surface area contributed by atoms with Crippen LogP contribution >= 0.6 is 0 Å². The summed E-state index contributed by atoms with van der Waals surface area (Å²) >= 11 is 0. The van der Waals surface area contributed by atoms with Gasteiger partial charge < -0.3 is 10.1 Å². The standard InChI is InChI=1S/C13H16N2O2/c1-4-9-10-5-8(7(2)3)6-14-12(10)15-11(9)13(16)17/h5-7H,4H2,1-3H3,(H,14,15)(H,16,17). The second-order valence-corrected chi connectivity index (χ2v) is 4.46. The molecule has 2 aromatic heterocycles. The number of nitrogens with one attached hydrogen (secondary N) is 1. The molecule has 0 aliphatic carbocycles. The van der Waals surface area contributed by atoms with E-state index in [4.69, 9.17) is 5.11 Å². The van der Waals surface area contributed by atoms with E-state index in [-0.39, 0.29) is 5.69 Å². The molecule has 0 bridgehead atoms. The highest BCUT2D eigenvalue weighted by Gasteiger charge is 2.16. The topological polar surface area (TPSA) is 66.0 Å². The van der Waals surface area contributed by atoms with Crippen LogP contribution in [0.15, 0.2) is 12.3 Å². The number of aromatic carboxylic acids is 1. The minimum Gasteiger partial charge on any atom is -0.477 e. The van der Waals surface area contributed by atoms with Gasteiger partial charge in [0.2, 0.25) is 0 Å². The maximum absolute atomic E-state index is 11.1. The third kappa shape index (κ3) is 1.90. The Labute approximate surface area is 99.7 Å². The molecule has 2 rings (SSSR count). The summed E-state index contributed by atoms with van der Waals surface area (Å²) in [5, 5.41) is 10.0. The number of aryl methyl sites for hydroxylation is 1. The van der Waals surface area contributed by atoms with Gasteiger partial charge in [0.05, 0.1) is 0 Å². The van der Waals surface area contributed by atoms with E-state index in [1.165, 1.54) is 0 Å². The Kier molecular flexibility index (Phi) is 2.88. The molecule has 90 valence electrons. The molecule has 4 nitrogen and oxygen atoms in total. The third-order valence-electron chi connectivity index (χ3n) is 3.01. The number of carboxylic acid groups (broad SMARTS) is 1. The molecule has 0 unspecified atom stereocenters. The van der Waals surface area contributed by atoms with Gasteiger partial charge in [-0.15, -0.1) is 0 Å². The van der Waals surface area contributed by atoms with E-state index < -0.39 is 5.97 Å². The fraction of sp³-hybridized carbons (Fsp3) is 0.385. The smallest absolute Gasteiger partial charge is 0.352 e. The largest absolute Gasteiger partial charge is 0.477 e. The number of hydrogen-bond donors (Lipinski definition) is 2. The van der Waals surface area contributed by atoms with Crippen molar-refractivity contribution in [2.24, 2.45) is 0 Å². The molecule has 2 aromatic rings. The van der Waals surface area contributed by atoms with Crippen LogP contribution in [-0.2, 0) is 6.42 Å². The molecule has 2 heterocycles. The number of aromatic amines is 1. The minimum absolute atomic E-state index is 0.260. The van der Waals surface area contributed by atoms with E-state index in [1.807, 2.05) is 13.0 Å². The van der Waals surface area contributed by atoms with Crippen molar-refractivity contribution in [2.45, 2.75) is 33.1 Å². The van der Waals surface area contributed by atoms with Crippen molar-refractivity contribution in [3.8, 4) is 0 Å². The minimum atomic E-state index is -0.925. The molecular weight excluding hydrogens is 216 g/mol. The zero-order chi connectivity index (χ0) is 12.6. The number of aromatic nitrogens is 2. The lowest BCUT2D eigenvalue weighted by atomic mass is 10.0. The number of pyridine rings is 1. The Morgan fingerprint density at radius 1 is 1.53 bits per heavy atom. The molecule has 0 saturated heterocycles. The third-order valence-corrected chi connectivity index (χ3v) is 3.01. The van der Waals surface area contributed by atoms with Gasteiger partial charge in [-0.1, -0.05) is 20.8 Å². The monoisotopic (exact) mass is 232 g/mol. The van der Waals surface area contributed by atoms with Gasteiger partial charge in [-0.05, 0) is 29.5 Å². The Bertz CT molecular complexity index is 570. The summed E-state index contributed by atoms with van der Waals surface area (Å²) in [5.41, 5.74) is 2.88. The summed E-state index contributed by atoms with van der Waals surface area (Å²) in [7, 11) is 0. The lowest BCUT2D eigenvalue weighted by Gasteiger charge is -2.04. The fourth-order valence-corrected chi connectivity index (χ4v) is 2.00. The van der Waals surface area contributed by atoms with Gasteiger partial charge in [0.25, 0.3) is 0 Å². The van der Waals surface area contributed by atoms with E-state index >= 15 is 0 Å². The number of hydrogen-bond acceptors (Lipinski definition) is 2. The molecule has 4 heteroatoms. The summed E-state index contributed by atoms with van der Waals surface area (Å²) in [4.78, 5) is 18.3. The first kappa shape index (κ1) is 11.6. The van der Waals surface area contributed by atoms with E-state index in [2.05, 4.69) is 23.8 Å². The van der Waals surface area contributed by atoms with Gasteiger partial charge >= 0.3 is 5.97 Å². The molecule has 0 fully saturated rings. The maximum atomic E-state index is 11.1. The molecule has 0 spiro atoms. The van der Waals surface area contributed by atoms with Crippen LogP contribution in [0.2, 0.25) is 0 Å².